The number of nitrogens with zero attached hydrogens (tertiary/aromatic N) is 1. The molecule has 0 atom stereocenters. The van der Waals surface area contributed by atoms with Crippen LogP contribution in [0.3, 0.4) is 0 Å². The standard InChI is InChI=1S/C11H17NO3S/c1-3-12(6-4-7-13)11(14)10-9(15-2)5-8-16-10/h5,8,13H,3-4,6-7H2,1-2H3. The molecule has 0 fully saturated rings. The number of amides is 1. The van der Waals surface area contributed by atoms with Crippen LogP contribution in [0.1, 0.15) is 23.0 Å². The molecule has 0 unspecified atom stereocenters. The third-order valence-corrected chi connectivity index (χ3v) is 3.18. The van der Waals surface area contributed by atoms with Gasteiger partial charge in [0.05, 0.1) is 7.11 Å². The van der Waals surface area contributed by atoms with Gasteiger partial charge in [-0.05, 0) is 24.8 Å². The van der Waals surface area contributed by atoms with Crippen LogP contribution < -0.4 is 4.74 Å². The van der Waals surface area contributed by atoms with Crippen molar-refractivity contribution in [3.63, 3.8) is 0 Å². The maximum absolute atomic E-state index is 12.1. The molecule has 1 rings (SSSR count). The van der Waals surface area contributed by atoms with E-state index < -0.39 is 0 Å². The van der Waals surface area contributed by atoms with E-state index in [1.54, 1.807) is 18.1 Å². The largest absolute Gasteiger partial charge is 0.495 e. The highest BCUT2D eigenvalue weighted by Gasteiger charge is 2.19. The fourth-order valence-corrected chi connectivity index (χ4v) is 2.25. The van der Waals surface area contributed by atoms with Crippen molar-refractivity contribution < 1.29 is 14.6 Å². The second kappa shape index (κ2) is 6.50. The molecule has 0 radical (unpaired) electrons. The number of aliphatic hydroxyl groups excluding tert-OH is 1. The van der Waals surface area contributed by atoms with E-state index in [-0.39, 0.29) is 12.5 Å². The van der Waals surface area contributed by atoms with E-state index in [2.05, 4.69) is 0 Å². The van der Waals surface area contributed by atoms with Crippen LogP contribution in [0.2, 0.25) is 0 Å². The third-order valence-electron chi connectivity index (χ3n) is 2.30. The highest BCUT2D eigenvalue weighted by atomic mass is 32.1. The summed E-state index contributed by atoms with van der Waals surface area (Å²) in [6.07, 6.45) is 0.604. The highest BCUT2D eigenvalue weighted by Crippen LogP contribution is 2.25. The topological polar surface area (TPSA) is 49.8 Å². The summed E-state index contributed by atoms with van der Waals surface area (Å²) in [6.45, 7) is 3.24. The Kier molecular flexibility index (Phi) is 5.28. The van der Waals surface area contributed by atoms with E-state index in [9.17, 15) is 4.79 Å². The first-order chi connectivity index (χ1) is 7.74. The average molecular weight is 243 g/mol. The predicted octanol–water partition coefficient (Wildman–Crippen LogP) is 1.60. The van der Waals surface area contributed by atoms with Crippen molar-refractivity contribution in [2.24, 2.45) is 0 Å². The molecule has 4 nitrogen and oxygen atoms in total. The molecule has 0 aliphatic rings. The van der Waals surface area contributed by atoms with Crippen molar-refractivity contribution in [1.82, 2.24) is 4.90 Å². The molecule has 1 N–H and O–H groups in total. The maximum atomic E-state index is 12.1. The average Bonchev–Trinajstić information content (AvgIpc) is 2.77. The van der Waals surface area contributed by atoms with Crippen molar-refractivity contribution in [1.29, 1.82) is 0 Å². The summed E-state index contributed by atoms with van der Waals surface area (Å²) in [6, 6.07) is 1.79. The molecule has 5 heteroatoms. The van der Waals surface area contributed by atoms with E-state index in [0.29, 0.717) is 30.1 Å². The lowest BCUT2D eigenvalue weighted by Gasteiger charge is -2.20. The number of thiophene rings is 1. The Balaban J connectivity index is 2.74. The van der Waals surface area contributed by atoms with Crippen molar-refractivity contribution in [3.05, 3.63) is 16.3 Å². The lowest BCUT2D eigenvalue weighted by Crippen LogP contribution is -2.31. The zero-order valence-corrected chi connectivity index (χ0v) is 10.4. The lowest BCUT2D eigenvalue weighted by molar-refractivity contribution is 0.0756. The van der Waals surface area contributed by atoms with Gasteiger partial charge in [0.15, 0.2) is 0 Å². The number of carbonyl (C=O) groups is 1. The predicted molar refractivity (Wildman–Crippen MR) is 64.2 cm³/mol. The molecule has 90 valence electrons. The number of aliphatic hydroxyl groups is 1. The molecule has 0 saturated carbocycles. The first-order valence-corrected chi connectivity index (χ1v) is 6.14. The Labute approximate surface area is 99.5 Å². The Morgan fingerprint density at radius 2 is 2.38 bits per heavy atom. The summed E-state index contributed by atoms with van der Waals surface area (Å²) in [5, 5.41) is 10.6. The Morgan fingerprint density at radius 1 is 1.62 bits per heavy atom. The van der Waals surface area contributed by atoms with Crippen LogP contribution in [-0.2, 0) is 0 Å². The van der Waals surface area contributed by atoms with Gasteiger partial charge in [-0.15, -0.1) is 11.3 Å². The summed E-state index contributed by atoms with van der Waals surface area (Å²) < 4.78 is 5.12. The van der Waals surface area contributed by atoms with Gasteiger partial charge >= 0.3 is 0 Å². The molecule has 0 spiro atoms. The second-order valence-electron chi connectivity index (χ2n) is 3.28. The summed E-state index contributed by atoms with van der Waals surface area (Å²) in [4.78, 5) is 14.4. The van der Waals surface area contributed by atoms with Gasteiger partial charge in [0.25, 0.3) is 5.91 Å². The fraction of sp³-hybridized carbons (Fsp3) is 0.545. The van der Waals surface area contributed by atoms with Crippen LogP contribution in [0.15, 0.2) is 11.4 Å². The van der Waals surface area contributed by atoms with Crippen molar-refractivity contribution in [3.8, 4) is 5.75 Å². The summed E-state index contributed by atoms with van der Waals surface area (Å²) in [5.74, 6) is 0.597. The van der Waals surface area contributed by atoms with Crippen molar-refractivity contribution >= 4 is 17.2 Å². The van der Waals surface area contributed by atoms with Crippen LogP contribution in [0.4, 0.5) is 0 Å². The molecule has 1 aromatic rings. The molecule has 1 aromatic heterocycles. The third kappa shape index (κ3) is 2.96. The molecular weight excluding hydrogens is 226 g/mol. The Morgan fingerprint density at radius 3 is 2.94 bits per heavy atom. The molecule has 1 amide bonds. The van der Waals surface area contributed by atoms with E-state index >= 15 is 0 Å². The van der Waals surface area contributed by atoms with E-state index in [1.807, 2.05) is 12.3 Å². The van der Waals surface area contributed by atoms with Gasteiger partial charge in [-0.25, -0.2) is 0 Å². The molecule has 16 heavy (non-hydrogen) atoms. The summed E-state index contributed by atoms with van der Waals surface area (Å²) in [5.41, 5.74) is 0. The monoisotopic (exact) mass is 243 g/mol. The smallest absolute Gasteiger partial charge is 0.267 e. The Bertz CT molecular complexity index is 338. The SMILES string of the molecule is CCN(CCCO)C(=O)c1sccc1OC. The van der Waals surface area contributed by atoms with Gasteiger partial charge in [-0.2, -0.15) is 0 Å². The van der Waals surface area contributed by atoms with E-state index in [4.69, 9.17) is 9.84 Å². The minimum Gasteiger partial charge on any atom is -0.495 e. The minimum absolute atomic E-state index is 0.0252. The molecule has 0 aromatic carbocycles. The highest BCUT2D eigenvalue weighted by molar-refractivity contribution is 7.12. The van der Waals surface area contributed by atoms with Gasteiger partial charge in [-0.3, -0.25) is 4.79 Å². The van der Waals surface area contributed by atoms with Crippen molar-refractivity contribution in [2.45, 2.75) is 13.3 Å². The molecule has 0 aliphatic heterocycles. The van der Waals surface area contributed by atoms with Crippen LogP contribution >= 0.6 is 11.3 Å². The van der Waals surface area contributed by atoms with Crippen molar-refractivity contribution in [2.75, 3.05) is 26.8 Å². The number of hydrogen-bond acceptors (Lipinski definition) is 4. The first kappa shape index (κ1) is 13.0. The quantitative estimate of drug-likeness (QED) is 0.825. The van der Waals surface area contributed by atoms with E-state index in [1.165, 1.54) is 11.3 Å². The van der Waals surface area contributed by atoms with Gasteiger partial charge < -0.3 is 14.7 Å². The minimum atomic E-state index is -0.0252. The molecular formula is C11H17NO3S. The zero-order valence-electron chi connectivity index (χ0n) is 9.60. The second-order valence-corrected chi connectivity index (χ2v) is 4.20. The fourth-order valence-electron chi connectivity index (χ4n) is 1.42. The van der Waals surface area contributed by atoms with Gasteiger partial charge in [0.1, 0.15) is 10.6 Å². The van der Waals surface area contributed by atoms with Gasteiger partial charge in [0, 0.05) is 19.7 Å². The maximum Gasteiger partial charge on any atom is 0.267 e. The van der Waals surface area contributed by atoms with Crippen LogP contribution in [-0.4, -0.2) is 42.7 Å². The number of ether oxygens (including phenoxy) is 1. The van der Waals surface area contributed by atoms with Crippen LogP contribution in [0.25, 0.3) is 0 Å². The van der Waals surface area contributed by atoms with E-state index in [0.717, 1.165) is 0 Å². The number of methoxy groups -OCH3 is 1. The zero-order chi connectivity index (χ0) is 12.0. The Hall–Kier alpha value is -1.07. The number of rotatable bonds is 6. The summed E-state index contributed by atoms with van der Waals surface area (Å²) >= 11 is 1.38. The molecule has 0 aliphatic carbocycles. The van der Waals surface area contributed by atoms with Crippen LogP contribution in [0, 0.1) is 0 Å². The molecule has 1 heterocycles. The molecule has 0 saturated heterocycles. The van der Waals surface area contributed by atoms with Gasteiger partial charge in [0.2, 0.25) is 0 Å². The summed E-state index contributed by atoms with van der Waals surface area (Å²) in [7, 11) is 1.56. The number of carbonyl (C=O) groups excluding carboxylic acids is 1. The number of hydrogen-bond donors (Lipinski definition) is 1. The van der Waals surface area contributed by atoms with Gasteiger partial charge in [-0.1, -0.05) is 0 Å². The lowest BCUT2D eigenvalue weighted by atomic mass is 10.3. The molecule has 0 bridgehead atoms. The van der Waals surface area contributed by atoms with Crippen LogP contribution in [0.5, 0.6) is 5.75 Å². The first-order valence-electron chi connectivity index (χ1n) is 5.26. The normalized spacial score (nSPS) is 10.2.